The lowest BCUT2D eigenvalue weighted by Gasteiger charge is -2.54. The van der Waals surface area contributed by atoms with E-state index in [4.69, 9.17) is 20.4 Å². The van der Waals surface area contributed by atoms with E-state index >= 15 is 0 Å². The SMILES string of the molecule is CC(C)c1cc(C(=O)N2Cc3ccc(CN4CCC(N5CCN(C(=O)C67CCC(C(=O)N8Cc9nc(-c%10cnc(N)nc%10)nc(N%10CCOCC%10)c9C8)(CC6)CC7)CC5)CC4)cc3C2)c(O)cc1O. The fraction of sp³-hybridized carbons (Fsp3) is 0.558. The molecule has 4 N–H and O–H groups in total. The van der Waals surface area contributed by atoms with Crippen molar-refractivity contribution in [2.75, 3.05) is 76.2 Å². The van der Waals surface area contributed by atoms with Gasteiger partial charge >= 0.3 is 0 Å². The number of benzene rings is 2. The number of fused-ring (bicyclic) bond motifs is 5. The van der Waals surface area contributed by atoms with Crippen molar-refractivity contribution in [2.45, 2.75) is 110 Å². The van der Waals surface area contributed by atoms with Gasteiger partial charge in [0.25, 0.3) is 5.91 Å². The molecule has 364 valence electrons. The van der Waals surface area contributed by atoms with E-state index in [-0.39, 0.29) is 46.2 Å². The molecule has 2 aromatic carbocycles. The van der Waals surface area contributed by atoms with E-state index in [0.29, 0.717) is 81.4 Å². The van der Waals surface area contributed by atoms with Crippen LogP contribution in [0.4, 0.5) is 11.8 Å². The van der Waals surface area contributed by atoms with Gasteiger partial charge in [-0.3, -0.25) is 24.2 Å². The fourth-order valence-corrected chi connectivity index (χ4v) is 12.6. The molecule has 17 heteroatoms. The summed E-state index contributed by atoms with van der Waals surface area (Å²) in [7, 11) is 0. The predicted molar refractivity (Wildman–Crippen MR) is 258 cm³/mol. The normalized spacial score (nSPS) is 24.3. The molecule has 5 aliphatic heterocycles. The number of phenols is 2. The lowest BCUT2D eigenvalue weighted by atomic mass is 9.53. The Labute approximate surface area is 403 Å². The smallest absolute Gasteiger partial charge is 0.258 e. The molecule has 3 saturated heterocycles. The third-order valence-corrected chi connectivity index (χ3v) is 16.8. The Hall–Kier alpha value is -5.91. The topological polar surface area (TPSA) is 198 Å². The number of rotatable bonds is 9. The van der Waals surface area contributed by atoms with Crippen molar-refractivity contribution in [1.82, 2.24) is 44.4 Å². The van der Waals surface area contributed by atoms with Crippen LogP contribution in [0.25, 0.3) is 11.4 Å². The summed E-state index contributed by atoms with van der Waals surface area (Å²) in [6.45, 7) is 14.7. The molecule has 0 unspecified atom stereocenters. The molecule has 0 spiro atoms. The highest BCUT2D eigenvalue weighted by Crippen LogP contribution is 2.59. The van der Waals surface area contributed by atoms with E-state index in [9.17, 15) is 24.6 Å². The molecule has 2 aromatic heterocycles. The van der Waals surface area contributed by atoms with Crippen molar-refractivity contribution in [1.29, 1.82) is 0 Å². The quantitative estimate of drug-likeness (QED) is 0.202. The first-order chi connectivity index (χ1) is 33.3. The number of piperidine rings is 1. The Kier molecular flexibility index (Phi) is 12.0. The van der Waals surface area contributed by atoms with E-state index < -0.39 is 5.41 Å². The zero-order valence-electron chi connectivity index (χ0n) is 40.0. The van der Waals surface area contributed by atoms with Crippen LogP contribution in [0, 0.1) is 10.8 Å². The number of carbonyl (C=O) groups is 3. The largest absolute Gasteiger partial charge is 0.508 e. The molecule has 6 fully saturated rings. The Morgan fingerprint density at radius 1 is 0.739 bits per heavy atom. The number of aromatic nitrogens is 4. The lowest BCUT2D eigenvalue weighted by Crippen LogP contribution is -2.59. The molecule has 3 aliphatic carbocycles. The van der Waals surface area contributed by atoms with Crippen molar-refractivity contribution < 1.29 is 29.3 Å². The summed E-state index contributed by atoms with van der Waals surface area (Å²) in [5.74, 6) is 1.64. The Morgan fingerprint density at radius 2 is 1.39 bits per heavy atom. The molecular weight excluding hydrogens is 875 g/mol. The summed E-state index contributed by atoms with van der Waals surface area (Å²) in [4.78, 5) is 74.2. The van der Waals surface area contributed by atoms with E-state index in [0.717, 1.165) is 125 Å². The first kappa shape index (κ1) is 45.5. The van der Waals surface area contributed by atoms with Gasteiger partial charge in [0.2, 0.25) is 17.8 Å². The number of hydrogen-bond acceptors (Lipinski definition) is 14. The summed E-state index contributed by atoms with van der Waals surface area (Å²) in [6.07, 6.45) is 10.0. The molecule has 12 rings (SSSR count). The summed E-state index contributed by atoms with van der Waals surface area (Å²) in [5.41, 5.74) is 11.9. The summed E-state index contributed by atoms with van der Waals surface area (Å²) >= 11 is 0. The molecule has 69 heavy (non-hydrogen) atoms. The van der Waals surface area contributed by atoms with Gasteiger partial charge in [-0.25, -0.2) is 19.9 Å². The van der Waals surface area contributed by atoms with Gasteiger partial charge in [-0.15, -0.1) is 0 Å². The number of morpholine rings is 1. The highest BCUT2D eigenvalue weighted by atomic mass is 16.5. The number of likely N-dealkylation sites (tertiary alicyclic amines) is 1. The Bertz CT molecular complexity index is 2610. The lowest BCUT2D eigenvalue weighted by molar-refractivity contribution is -0.164. The van der Waals surface area contributed by atoms with Gasteiger partial charge in [-0.1, -0.05) is 32.0 Å². The van der Waals surface area contributed by atoms with Crippen LogP contribution in [0.1, 0.15) is 115 Å². The van der Waals surface area contributed by atoms with Gasteiger partial charge in [-0.2, -0.15) is 0 Å². The molecule has 8 aliphatic rings. The number of aromatic hydroxyl groups is 2. The molecule has 3 saturated carbocycles. The Balaban J connectivity index is 0.652. The van der Waals surface area contributed by atoms with Crippen molar-refractivity contribution in [2.24, 2.45) is 10.8 Å². The number of piperazine rings is 1. The van der Waals surface area contributed by atoms with Crippen molar-refractivity contribution in [3.63, 3.8) is 0 Å². The van der Waals surface area contributed by atoms with E-state index in [2.05, 4.69) is 47.8 Å². The van der Waals surface area contributed by atoms with Crippen molar-refractivity contribution in [3.05, 3.63) is 81.8 Å². The van der Waals surface area contributed by atoms with Gasteiger partial charge in [0, 0.05) is 99.8 Å². The van der Waals surface area contributed by atoms with Gasteiger partial charge < -0.3 is 40.3 Å². The average Bonchev–Trinajstić information content (AvgIpc) is 4.02. The van der Waals surface area contributed by atoms with Crippen LogP contribution in [0.5, 0.6) is 11.5 Å². The molecular formula is C52H65N11O6. The molecule has 3 amide bonds. The molecule has 2 bridgehead atoms. The van der Waals surface area contributed by atoms with Crippen LogP contribution in [0.2, 0.25) is 0 Å². The van der Waals surface area contributed by atoms with Crippen LogP contribution in [-0.2, 0) is 47.0 Å². The number of nitrogen functional groups attached to an aromatic ring is 1. The van der Waals surface area contributed by atoms with Crippen molar-refractivity contribution >= 4 is 29.5 Å². The second-order valence-electron chi connectivity index (χ2n) is 21.1. The minimum absolute atomic E-state index is 0.00368. The number of amides is 3. The van der Waals surface area contributed by atoms with Gasteiger partial charge in [0.15, 0.2) is 5.82 Å². The van der Waals surface area contributed by atoms with Gasteiger partial charge in [-0.05, 0) is 98.7 Å². The number of hydrogen-bond donors (Lipinski definition) is 3. The number of phenolic OH excluding ortho intramolecular Hbond substituents is 2. The minimum atomic E-state index is -0.445. The van der Waals surface area contributed by atoms with E-state index in [1.807, 2.05) is 18.7 Å². The third kappa shape index (κ3) is 8.53. The number of carbonyl (C=O) groups excluding carboxylic acids is 3. The maximum absolute atomic E-state index is 14.6. The highest BCUT2D eigenvalue weighted by Gasteiger charge is 2.57. The maximum Gasteiger partial charge on any atom is 0.258 e. The molecule has 7 heterocycles. The summed E-state index contributed by atoms with van der Waals surface area (Å²) < 4.78 is 5.65. The van der Waals surface area contributed by atoms with E-state index in [1.165, 1.54) is 11.6 Å². The number of nitrogens with zero attached hydrogens (tertiary/aromatic N) is 10. The van der Waals surface area contributed by atoms with Crippen LogP contribution < -0.4 is 10.6 Å². The van der Waals surface area contributed by atoms with Crippen molar-refractivity contribution in [3.8, 4) is 22.9 Å². The second-order valence-corrected chi connectivity index (χ2v) is 21.1. The third-order valence-electron chi connectivity index (χ3n) is 16.8. The van der Waals surface area contributed by atoms with Crippen LogP contribution in [0.15, 0.2) is 42.7 Å². The van der Waals surface area contributed by atoms with Crippen LogP contribution >= 0.6 is 0 Å². The first-order valence-corrected chi connectivity index (χ1v) is 25.2. The minimum Gasteiger partial charge on any atom is -0.508 e. The van der Waals surface area contributed by atoms with Crippen LogP contribution in [-0.4, -0.2) is 144 Å². The van der Waals surface area contributed by atoms with Gasteiger partial charge in [0.05, 0.1) is 43.1 Å². The Morgan fingerprint density at radius 3 is 2.06 bits per heavy atom. The first-order valence-electron chi connectivity index (χ1n) is 25.2. The molecule has 0 atom stereocenters. The molecule has 0 radical (unpaired) electrons. The number of ether oxygens (including phenoxy) is 1. The fourth-order valence-electron chi connectivity index (χ4n) is 12.6. The number of anilines is 2. The molecule has 17 nitrogen and oxygen atoms in total. The summed E-state index contributed by atoms with van der Waals surface area (Å²) in [5, 5.41) is 20.8. The average molecular weight is 940 g/mol. The monoisotopic (exact) mass is 940 g/mol. The number of nitrogens with two attached hydrogens (primary N) is 1. The zero-order valence-corrected chi connectivity index (χ0v) is 40.0. The maximum atomic E-state index is 14.6. The second kappa shape index (κ2) is 18.1. The molecule has 4 aromatic rings. The standard InChI is InChI=1S/C52H65N11O6/c1-33(2)39-24-40(44(65)25-43(39)64)47(66)62-29-35-4-3-34(23-36(35)30-62)28-58-13-5-38(6-14-58)59-15-17-61(18-16-59)48(67)51-7-10-52(11-8-51,12-9-51)49(68)63-31-41-42(32-63)56-45(37-26-54-50(53)55-27-37)57-46(41)60-19-21-69-22-20-60/h3-4,23-27,33,38,64-65H,5-22,28-32H2,1-2H3,(H2,53,54,55). The van der Waals surface area contributed by atoms with Gasteiger partial charge in [0.1, 0.15) is 17.3 Å². The van der Waals surface area contributed by atoms with Crippen LogP contribution in [0.3, 0.4) is 0 Å². The predicted octanol–water partition coefficient (Wildman–Crippen LogP) is 5.03. The summed E-state index contributed by atoms with van der Waals surface area (Å²) in [6, 6.07) is 9.96. The zero-order chi connectivity index (χ0) is 47.6. The van der Waals surface area contributed by atoms with E-state index in [1.54, 1.807) is 23.4 Å². The highest BCUT2D eigenvalue weighted by molar-refractivity contribution is 5.97.